The van der Waals surface area contributed by atoms with Crippen LogP contribution in [0.4, 0.5) is 0 Å². The molecule has 2 aromatic rings. The molecule has 90 valence electrons. The average molecular weight is 246 g/mol. The van der Waals surface area contributed by atoms with Gasteiger partial charge < -0.3 is 5.11 Å². The zero-order chi connectivity index (χ0) is 12.4. The number of thiophene rings is 1. The Balaban J connectivity index is 2.40. The lowest BCUT2D eigenvalue weighted by atomic mass is 9.93. The predicted octanol–water partition coefficient (Wildman–Crippen LogP) is 4.26. The Morgan fingerprint density at radius 3 is 2.18 bits per heavy atom. The summed E-state index contributed by atoms with van der Waals surface area (Å²) >= 11 is 1.66. The molecule has 0 unspecified atom stereocenters. The second-order valence-electron chi connectivity index (χ2n) is 4.63. The Bertz CT molecular complexity index is 499. The molecule has 0 aliphatic carbocycles. The Labute approximate surface area is 107 Å². The van der Waals surface area contributed by atoms with Gasteiger partial charge >= 0.3 is 0 Å². The van der Waals surface area contributed by atoms with Crippen LogP contribution in [0.15, 0.2) is 36.4 Å². The maximum atomic E-state index is 10.4. The van der Waals surface area contributed by atoms with Gasteiger partial charge in [-0.15, -0.1) is 11.3 Å². The van der Waals surface area contributed by atoms with Gasteiger partial charge in [-0.1, -0.05) is 38.1 Å². The molecular weight excluding hydrogens is 228 g/mol. The lowest BCUT2D eigenvalue weighted by Crippen LogP contribution is -2.03. The Morgan fingerprint density at radius 1 is 1.00 bits per heavy atom. The van der Waals surface area contributed by atoms with Crippen LogP contribution in [-0.4, -0.2) is 5.11 Å². The summed E-state index contributed by atoms with van der Waals surface area (Å²) in [6.45, 7) is 6.38. The van der Waals surface area contributed by atoms with Crippen LogP contribution in [0.3, 0.4) is 0 Å². The number of aliphatic hydroxyl groups is 1. The summed E-state index contributed by atoms with van der Waals surface area (Å²) in [5, 5.41) is 10.4. The number of aliphatic hydroxyl groups excluding tert-OH is 1. The van der Waals surface area contributed by atoms with E-state index in [1.54, 1.807) is 11.3 Å². The van der Waals surface area contributed by atoms with E-state index in [0.29, 0.717) is 5.92 Å². The number of aryl methyl sites for hydroxylation is 1. The van der Waals surface area contributed by atoms with E-state index in [1.807, 2.05) is 24.3 Å². The first-order chi connectivity index (χ1) is 8.09. The number of benzene rings is 1. The van der Waals surface area contributed by atoms with Crippen molar-refractivity contribution in [1.29, 1.82) is 0 Å². The van der Waals surface area contributed by atoms with Gasteiger partial charge in [0.25, 0.3) is 0 Å². The van der Waals surface area contributed by atoms with Crippen LogP contribution >= 0.6 is 11.3 Å². The number of rotatable bonds is 3. The maximum Gasteiger partial charge on any atom is 0.113 e. The third kappa shape index (κ3) is 2.59. The fourth-order valence-electron chi connectivity index (χ4n) is 2.04. The van der Waals surface area contributed by atoms with Crippen LogP contribution in [0, 0.1) is 6.92 Å². The van der Waals surface area contributed by atoms with Crippen molar-refractivity contribution < 1.29 is 5.11 Å². The Morgan fingerprint density at radius 2 is 1.65 bits per heavy atom. The van der Waals surface area contributed by atoms with E-state index < -0.39 is 6.10 Å². The zero-order valence-corrected chi connectivity index (χ0v) is 11.3. The van der Waals surface area contributed by atoms with Crippen molar-refractivity contribution in [3.63, 3.8) is 0 Å². The summed E-state index contributed by atoms with van der Waals surface area (Å²) in [5.41, 5.74) is 2.26. The van der Waals surface area contributed by atoms with E-state index in [-0.39, 0.29) is 0 Å². The molecule has 0 saturated heterocycles. The maximum absolute atomic E-state index is 10.4. The monoisotopic (exact) mass is 246 g/mol. The predicted molar refractivity (Wildman–Crippen MR) is 73.6 cm³/mol. The fourth-order valence-corrected chi connectivity index (χ4v) is 2.92. The molecule has 1 heterocycles. The Hall–Kier alpha value is -1.12. The summed E-state index contributed by atoms with van der Waals surface area (Å²) < 4.78 is 0. The van der Waals surface area contributed by atoms with Gasteiger partial charge in [-0.25, -0.2) is 0 Å². The molecule has 0 spiro atoms. The van der Waals surface area contributed by atoms with E-state index in [9.17, 15) is 5.11 Å². The van der Waals surface area contributed by atoms with Crippen LogP contribution in [0.25, 0.3) is 0 Å². The second-order valence-corrected chi connectivity index (χ2v) is 5.95. The molecule has 0 bridgehead atoms. The van der Waals surface area contributed by atoms with E-state index in [2.05, 4.69) is 32.9 Å². The molecular formula is C15H18OS. The third-order valence-corrected chi connectivity index (χ3v) is 4.00. The number of hydrogen-bond donors (Lipinski definition) is 1. The first kappa shape index (κ1) is 12.3. The highest BCUT2D eigenvalue weighted by Crippen LogP contribution is 2.32. The highest BCUT2D eigenvalue weighted by atomic mass is 32.1. The first-order valence-corrected chi connectivity index (χ1v) is 6.74. The molecule has 0 aliphatic heterocycles. The van der Waals surface area contributed by atoms with Gasteiger partial charge in [0.05, 0.1) is 0 Å². The minimum atomic E-state index is -0.493. The van der Waals surface area contributed by atoms with Gasteiger partial charge in [-0.3, -0.25) is 0 Å². The van der Waals surface area contributed by atoms with Crippen molar-refractivity contribution in [2.45, 2.75) is 32.8 Å². The molecule has 0 fully saturated rings. The van der Waals surface area contributed by atoms with Crippen LogP contribution < -0.4 is 0 Å². The van der Waals surface area contributed by atoms with Gasteiger partial charge in [0.1, 0.15) is 6.10 Å². The van der Waals surface area contributed by atoms with E-state index in [1.165, 1.54) is 10.4 Å². The molecule has 1 N–H and O–H groups in total. The quantitative estimate of drug-likeness (QED) is 0.858. The molecule has 1 aromatic carbocycles. The minimum Gasteiger partial charge on any atom is -0.383 e. The normalized spacial score (nSPS) is 13.0. The lowest BCUT2D eigenvalue weighted by molar-refractivity contribution is 0.222. The zero-order valence-electron chi connectivity index (χ0n) is 10.5. The van der Waals surface area contributed by atoms with Crippen molar-refractivity contribution in [3.8, 4) is 0 Å². The number of hydrogen-bond acceptors (Lipinski definition) is 2. The van der Waals surface area contributed by atoms with Crippen LogP contribution in [0.2, 0.25) is 0 Å². The molecule has 2 rings (SSSR count). The molecule has 0 saturated carbocycles. The summed E-state index contributed by atoms with van der Waals surface area (Å²) in [4.78, 5) is 2.26. The SMILES string of the molecule is Cc1ccc([C@@H](O)c2ccccc2C(C)C)s1. The molecule has 1 atom stereocenters. The van der Waals surface area contributed by atoms with Crippen LogP contribution in [0.1, 0.15) is 46.8 Å². The van der Waals surface area contributed by atoms with Crippen LogP contribution in [0.5, 0.6) is 0 Å². The standard InChI is InChI=1S/C15H18OS/c1-10(2)12-6-4-5-7-13(12)15(16)14-9-8-11(3)17-14/h4-10,15-16H,1-3H3/t15-/m0/s1. The molecule has 17 heavy (non-hydrogen) atoms. The first-order valence-electron chi connectivity index (χ1n) is 5.93. The van der Waals surface area contributed by atoms with E-state index in [0.717, 1.165) is 10.4 Å². The minimum absolute atomic E-state index is 0.432. The molecule has 0 amide bonds. The highest BCUT2D eigenvalue weighted by molar-refractivity contribution is 7.12. The molecule has 2 heteroatoms. The Kier molecular flexibility index (Phi) is 3.65. The summed E-state index contributed by atoms with van der Waals surface area (Å²) in [5.74, 6) is 0.432. The van der Waals surface area contributed by atoms with Crippen LogP contribution in [-0.2, 0) is 0 Å². The summed E-state index contributed by atoms with van der Waals surface area (Å²) in [7, 11) is 0. The smallest absolute Gasteiger partial charge is 0.113 e. The van der Waals surface area contributed by atoms with Crippen molar-refractivity contribution in [2.24, 2.45) is 0 Å². The third-order valence-electron chi connectivity index (χ3n) is 2.94. The van der Waals surface area contributed by atoms with E-state index >= 15 is 0 Å². The van der Waals surface area contributed by atoms with Gasteiger partial charge in [0, 0.05) is 9.75 Å². The van der Waals surface area contributed by atoms with E-state index in [4.69, 9.17) is 0 Å². The van der Waals surface area contributed by atoms with Crippen molar-refractivity contribution in [3.05, 3.63) is 57.3 Å². The molecule has 1 aromatic heterocycles. The van der Waals surface area contributed by atoms with Gasteiger partial charge in [-0.2, -0.15) is 0 Å². The molecule has 1 nitrogen and oxygen atoms in total. The summed E-state index contributed by atoms with van der Waals surface area (Å²) in [6.07, 6.45) is -0.493. The van der Waals surface area contributed by atoms with Crippen molar-refractivity contribution in [2.75, 3.05) is 0 Å². The molecule has 0 aliphatic rings. The van der Waals surface area contributed by atoms with Gasteiger partial charge in [0.15, 0.2) is 0 Å². The van der Waals surface area contributed by atoms with Crippen molar-refractivity contribution >= 4 is 11.3 Å². The van der Waals surface area contributed by atoms with Crippen molar-refractivity contribution in [1.82, 2.24) is 0 Å². The average Bonchev–Trinajstić information content (AvgIpc) is 2.75. The highest BCUT2D eigenvalue weighted by Gasteiger charge is 2.16. The van der Waals surface area contributed by atoms with Gasteiger partial charge in [0.2, 0.25) is 0 Å². The second kappa shape index (κ2) is 5.03. The largest absolute Gasteiger partial charge is 0.383 e. The lowest BCUT2D eigenvalue weighted by Gasteiger charge is -2.16. The van der Waals surface area contributed by atoms with Gasteiger partial charge in [-0.05, 0) is 36.1 Å². The summed E-state index contributed by atoms with van der Waals surface area (Å²) in [6, 6.07) is 12.2. The topological polar surface area (TPSA) is 20.2 Å². The molecule has 0 radical (unpaired) electrons. The fraction of sp³-hybridized carbons (Fsp3) is 0.333.